The Bertz CT molecular complexity index is 1310. The first-order chi connectivity index (χ1) is 15.3. The number of H-pyrrole nitrogens is 1. The van der Waals surface area contributed by atoms with E-state index in [1.54, 1.807) is 13.8 Å². The van der Waals surface area contributed by atoms with Crippen LogP contribution in [0.5, 0.6) is 5.75 Å². The first-order valence-electron chi connectivity index (χ1n) is 10.0. The van der Waals surface area contributed by atoms with Crippen LogP contribution in [0.25, 0.3) is 10.9 Å². The Morgan fingerprint density at radius 3 is 2.52 bits per heavy atom. The Hall–Kier alpha value is -2.78. The van der Waals surface area contributed by atoms with Gasteiger partial charge >= 0.3 is 6.18 Å². The van der Waals surface area contributed by atoms with Crippen LogP contribution in [0.4, 0.5) is 23.2 Å². The van der Waals surface area contributed by atoms with E-state index in [-0.39, 0.29) is 32.9 Å². The molecule has 1 aliphatic rings. The Labute approximate surface area is 191 Å². The van der Waals surface area contributed by atoms with E-state index in [2.05, 4.69) is 10.3 Å². The predicted molar refractivity (Wildman–Crippen MR) is 118 cm³/mol. The van der Waals surface area contributed by atoms with Crippen LogP contribution in [0, 0.1) is 5.82 Å². The molecule has 2 aromatic carbocycles. The van der Waals surface area contributed by atoms with E-state index >= 15 is 0 Å². The second-order valence-electron chi connectivity index (χ2n) is 8.81. The number of aromatic amines is 1. The maximum atomic E-state index is 14.4. The number of benzene rings is 2. The molecule has 1 aromatic heterocycles. The van der Waals surface area contributed by atoms with Gasteiger partial charge in [-0.3, -0.25) is 4.79 Å². The zero-order valence-electron chi connectivity index (χ0n) is 17.9. The van der Waals surface area contributed by atoms with Gasteiger partial charge < -0.3 is 20.1 Å². The number of aliphatic hydroxyl groups is 1. The third-order valence-electron chi connectivity index (χ3n) is 6.16. The molecule has 4 rings (SSSR count). The van der Waals surface area contributed by atoms with Crippen molar-refractivity contribution < 1.29 is 27.4 Å². The Kier molecular flexibility index (Phi) is 5.41. The third kappa shape index (κ3) is 3.63. The van der Waals surface area contributed by atoms with Gasteiger partial charge in [0.25, 0.3) is 0 Å². The largest absolute Gasteiger partial charge is 0.495 e. The minimum Gasteiger partial charge on any atom is -0.495 e. The zero-order chi connectivity index (χ0) is 24.3. The summed E-state index contributed by atoms with van der Waals surface area (Å²) < 4.78 is 62.8. The van der Waals surface area contributed by atoms with E-state index in [1.807, 2.05) is 0 Å². The topological polar surface area (TPSA) is 74.3 Å². The summed E-state index contributed by atoms with van der Waals surface area (Å²) in [7, 11) is 1.37. The SMILES string of the molecule is COc1c(Cl)ccc2c1C(C)(C)CC(O)(C(F)(F)F)C2Nc1ccc(F)c2[nH]c(=O)ccc12. The van der Waals surface area contributed by atoms with Gasteiger partial charge in [0.15, 0.2) is 5.60 Å². The molecule has 5 nitrogen and oxygen atoms in total. The van der Waals surface area contributed by atoms with Crippen LogP contribution in [0.3, 0.4) is 0 Å². The van der Waals surface area contributed by atoms with Gasteiger partial charge in [0, 0.05) is 22.7 Å². The molecule has 0 fully saturated rings. The number of aromatic nitrogens is 1. The van der Waals surface area contributed by atoms with Crippen molar-refractivity contribution >= 4 is 28.2 Å². The van der Waals surface area contributed by atoms with Crippen molar-refractivity contribution in [1.82, 2.24) is 4.98 Å². The van der Waals surface area contributed by atoms with Crippen LogP contribution in [-0.2, 0) is 5.41 Å². The lowest BCUT2D eigenvalue weighted by Gasteiger charge is -2.49. The standard InChI is InChI=1S/C23H21ClF4N2O3/c1-21(2)10-22(32,23(26,27)28)20(12-4-6-13(24)19(33-3)17(12)21)29-15-8-7-14(25)18-11(15)5-9-16(31)30-18/h4-9,20,29,32H,10H2,1-3H3,(H,30,31). The summed E-state index contributed by atoms with van der Waals surface area (Å²) in [5, 5.41) is 14.3. The molecule has 0 aliphatic heterocycles. The Morgan fingerprint density at radius 1 is 1.18 bits per heavy atom. The van der Waals surface area contributed by atoms with Gasteiger partial charge in [-0.05, 0) is 41.7 Å². The van der Waals surface area contributed by atoms with Gasteiger partial charge in [-0.25, -0.2) is 4.39 Å². The summed E-state index contributed by atoms with van der Waals surface area (Å²) in [5.41, 5.74) is -4.36. The van der Waals surface area contributed by atoms with Crippen molar-refractivity contribution in [2.24, 2.45) is 0 Å². The summed E-state index contributed by atoms with van der Waals surface area (Å²) in [5.74, 6) is -0.513. The summed E-state index contributed by atoms with van der Waals surface area (Å²) >= 11 is 6.26. The average molecular weight is 485 g/mol. The highest BCUT2D eigenvalue weighted by atomic mass is 35.5. The van der Waals surface area contributed by atoms with Crippen LogP contribution >= 0.6 is 11.6 Å². The van der Waals surface area contributed by atoms with Gasteiger partial charge in [0.2, 0.25) is 5.56 Å². The van der Waals surface area contributed by atoms with E-state index in [1.165, 1.54) is 31.4 Å². The molecule has 0 spiro atoms. The van der Waals surface area contributed by atoms with Crippen molar-refractivity contribution in [2.45, 2.75) is 43.5 Å². The summed E-state index contributed by atoms with van der Waals surface area (Å²) in [4.78, 5) is 14.0. The normalized spacial score (nSPS) is 22.2. The van der Waals surface area contributed by atoms with Gasteiger partial charge in [-0.15, -0.1) is 0 Å². The van der Waals surface area contributed by atoms with Crippen molar-refractivity contribution in [3.8, 4) is 5.75 Å². The number of ether oxygens (including phenoxy) is 1. The first-order valence-corrected chi connectivity index (χ1v) is 10.4. The molecule has 33 heavy (non-hydrogen) atoms. The highest BCUT2D eigenvalue weighted by molar-refractivity contribution is 6.32. The van der Waals surface area contributed by atoms with Crippen molar-refractivity contribution in [3.05, 3.63) is 68.7 Å². The van der Waals surface area contributed by atoms with Gasteiger partial charge in [-0.2, -0.15) is 13.2 Å². The minimum absolute atomic E-state index is 0.106. The Balaban J connectivity index is 1.99. The highest BCUT2D eigenvalue weighted by Gasteiger charge is 2.64. The quantitative estimate of drug-likeness (QED) is 0.432. The van der Waals surface area contributed by atoms with Gasteiger partial charge in [0.1, 0.15) is 11.6 Å². The van der Waals surface area contributed by atoms with E-state index in [0.717, 1.165) is 12.1 Å². The summed E-state index contributed by atoms with van der Waals surface area (Å²) in [6.45, 7) is 3.16. The smallest absolute Gasteiger partial charge is 0.419 e. The second-order valence-corrected chi connectivity index (χ2v) is 9.22. The minimum atomic E-state index is -5.00. The molecule has 0 radical (unpaired) electrons. The lowest BCUT2D eigenvalue weighted by Crippen LogP contribution is -2.58. The molecule has 10 heteroatoms. The van der Waals surface area contributed by atoms with E-state index < -0.39 is 41.0 Å². The lowest BCUT2D eigenvalue weighted by atomic mass is 9.63. The average Bonchev–Trinajstić information content (AvgIpc) is 2.71. The molecule has 176 valence electrons. The monoisotopic (exact) mass is 484 g/mol. The molecule has 1 heterocycles. The molecule has 3 N–H and O–H groups in total. The summed E-state index contributed by atoms with van der Waals surface area (Å²) in [6, 6.07) is 5.90. The number of methoxy groups -OCH3 is 1. The van der Waals surface area contributed by atoms with Crippen LogP contribution in [0.1, 0.15) is 37.4 Å². The van der Waals surface area contributed by atoms with Crippen LogP contribution in [-0.4, -0.2) is 29.0 Å². The van der Waals surface area contributed by atoms with Crippen LogP contribution in [0.2, 0.25) is 5.02 Å². The number of rotatable bonds is 3. The fourth-order valence-electron chi connectivity index (χ4n) is 4.79. The first kappa shape index (κ1) is 23.4. The van der Waals surface area contributed by atoms with Crippen molar-refractivity contribution in [2.75, 3.05) is 12.4 Å². The molecule has 3 aromatic rings. The number of halogens is 5. The molecular formula is C23H21ClF4N2O3. The summed E-state index contributed by atoms with van der Waals surface area (Å²) in [6.07, 6.45) is -5.68. The van der Waals surface area contributed by atoms with E-state index in [9.17, 15) is 27.5 Å². The fourth-order valence-corrected chi connectivity index (χ4v) is 5.03. The number of hydrogen-bond donors (Lipinski definition) is 3. The maximum absolute atomic E-state index is 14.4. The number of pyridine rings is 1. The maximum Gasteiger partial charge on any atom is 0.419 e. The van der Waals surface area contributed by atoms with E-state index in [4.69, 9.17) is 16.3 Å². The van der Waals surface area contributed by atoms with Crippen molar-refractivity contribution in [1.29, 1.82) is 0 Å². The van der Waals surface area contributed by atoms with Crippen molar-refractivity contribution in [3.63, 3.8) is 0 Å². The molecule has 2 atom stereocenters. The molecule has 0 bridgehead atoms. The number of nitrogens with one attached hydrogen (secondary N) is 2. The molecule has 2 unspecified atom stereocenters. The Morgan fingerprint density at radius 2 is 1.88 bits per heavy atom. The molecule has 0 saturated carbocycles. The predicted octanol–water partition coefficient (Wildman–Crippen LogP) is 5.46. The second kappa shape index (κ2) is 7.63. The van der Waals surface area contributed by atoms with Gasteiger partial charge in [0.05, 0.1) is 23.7 Å². The van der Waals surface area contributed by atoms with E-state index in [0.29, 0.717) is 5.56 Å². The zero-order valence-corrected chi connectivity index (χ0v) is 18.7. The van der Waals surface area contributed by atoms with Gasteiger partial charge in [-0.1, -0.05) is 31.5 Å². The third-order valence-corrected chi connectivity index (χ3v) is 6.46. The number of anilines is 1. The number of fused-ring (bicyclic) bond motifs is 2. The molecular weight excluding hydrogens is 464 g/mol. The number of hydrogen-bond acceptors (Lipinski definition) is 4. The molecule has 1 aliphatic carbocycles. The number of alkyl halides is 3. The molecule has 0 saturated heterocycles. The highest BCUT2D eigenvalue weighted by Crippen LogP contribution is 2.57. The molecule has 0 amide bonds. The van der Waals surface area contributed by atoms with Crippen LogP contribution < -0.4 is 15.6 Å². The van der Waals surface area contributed by atoms with Crippen LogP contribution in [0.15, 0.2) is 41.2 Å². The lowest BCUT2D eigenvalue weighted by molar-refractivity contribution is -0.275. The fraction of sp³-hybridized carbons (Fsp3) is 0.348.